The summed E-state index contributed by atoms with van der Waals surface area (Å²) >= 11 is 0. The number of ether oxygens (including phenoxy) is 2. The minimum Gasteiger partial charge on any atom is -0.444 e. The number of rotatable bonds is 6. The molecule has 1 aliphatic rings. The van der Waals surface area contributed by atoms with Crippen LogP contribution in [-0.4, -0.2) is 59.1 Å². The van der Waals surface area contributed by atoms with Gasteiger partial charge >= 0.3 is 6.09 Å². The van der Waals surface area contributed by atoms with Crippen molar-refractivity contribution in [3.05, 3.63) is 60.0 Å². The Hall–Kier alpha value is -3.02. The van der Waals surface area contributed by atoms with Gasteiger partial charge < -0.3 is 13.9 Å². The predicted octanol–water partition coefficient (Wildman–Crippen LogP) is 4.43. The summed E-state index contributed by atoms with van der Waals surface area (Å²) in [6.07, 6.45) is 3.47. The maximum atomic E-state index is 14.3. The zero-order valence-electron chi connectivity index (χ0n) is 21.9. The Balaban J connectivity index is 1.55. The van der Waals surface area contributed by atoms with Gasteiger partial charge in [-0.2, -0.15) is 0 Å². The molecule has 0 saturated carbocycles. The van der Waals surface area contributed by atoms with E-state index in [2.05, 4.69) is 9.71 Å². The van der Waals surface area contributed by atoms with Gasteiger partial charge in [0.2, 0.25) is 10.0 Å². The van der Waals surface area contributed by atoms with Crippen LogP contribution in [0.25, 0.3) is 16.8 Å². The van der Waals surface area contributed by atoms with Crippen molar-refractivity contribution in [3.63, 3.8) is 0 Å². The summed E-state index contributed by atoms with van der Waals surface area (Å²) in [6.45, 7) is 8.10. The molecule has 1 aliphatic heterocycles. The van der Waals surface area contributed by atoms with Gasteiger partial charge in [-0.25, -0.2) is 27.3 Å². The zero-order valence-corrected chi connectivity index (χ0v) is 22.7. The van der Waals surface area contributed by atoms with Crippen LogP contribution in [0.4, 0.5) is 9.18 Å². The fourth-order valence-electron chi connectivity index (χ4n) is 4.46. The van der Waals surface area contributed by atoms with Crippen LogP contribution in [0.3, 0.4) is 0 Å². The van der Waals surface area contributed by atoms with Crippen LogP contribution < -0.4 is 4.72 Å². The lowest BCUT2D eigenvalue weighted by Gasteiger charge is -2.34. The number of benzene rings is 1. The molecule has 11 heteroatoms. The van der Waals surface area contributed by atoms with Crippen molar-refractivity contribution in [1.29, 1.82) is 0 Å². The van der Waals surface area contributed by atoms with E-state index in [4.69, 9.17) is 9.47 Å². The smallest absolute Gasteiger partial charge is 0.413 e. The molecule has 37 heavy (non-hydrogen) atoms. The number of halogens is 1. The van der Waals surface area contributed by atoms with Gasteiger partial charge in [-0.05, 0) is 63.4 Å². The lowest BCUT2D eigenvalue weighted by atomic mass is 9.99. The van der Waals surface area contributed by atoms with Crippen LogP contribution in [0, 0.1) is 0 Å². The first-order valence-corrected chi connectivity index (χ1v) is 13.8. The number of pyridine rings is 1. The first-order valence-electron chi connectivity index (χ1n) is 12.0. The van der Waals surface area contributed by atoms with E-state index in [1.54, 1.807) is 40.8 Å². The van der Waals surface area contributed by atoms with Gasteiger partial charge in [0.05, 0.1) is 24.5 Å². The number of aromatic nitrogens is 2. The average Bonchev–Trinajstić information content (AvgIpc) is 3.32. The molecular formula is C26H33FN4O5S. The van der Waals surface area contributed by atoms with E-state index < -0.39 is 46.3 Å². The van der Waals surface area contributed by atoms with Gasteiger partial charge in [-0.15, -0.1) is 0 Å². The number of hydrogen-bond donors (Lipinski definition) is 1. The van der Waals surface area contributed by atoms with E-state index in [1.807, 2.05) is 47.0 Å². The van der Waals surface area contributed by atoms with Crippen molar-refractivity contribution in [1.82, 2.24) is 19.0 Å². The number of hydrogen-bond acceptors (Lipinski definition) is 6. The largest absolute Gasteiger partial charge is 0.444 e. The fourth-order valence-corrected chi connectivity index (χ4v) is 4.87. The number of carbonyl (C=O) groups excluding carboxylic acids is 1. The SMILES string of the molecule is CC(C)(C)OC(=O)N1[C@H](CF)[C@@H](c2ccc(-c3ccn4cc(CNS(C)(=O)=O)nc4c3)cc2)OC1(C)C. The van der Waals surface area contributed by atoms with E-state index in [-0.39, 0.29) is 6.54 Å². The normalized spacial score (nSPS) is 19.9. The van der Waals surface area contributed by atoms with Gasteiger partial charge in [-0.1, -0.05) is 24.3 Å². The van der Waals surface area contributed by atoms with Crippen molar-refractivity contribution < 1.29 is 27.1 Å². The predicted molar refractivity (Wildman–Crippen MR) is 138 cm³/mol. The molecule has 2 atom stereocenters. The topological polar surface area (TPSA) is 102 Å². The van der Waals surface area contributed by atoms with Crippen LogP contribution in [0.2, 0.25) is 0 Å². The number of nitrogens with zero attached hydrogens (tertiary/aromatic N) is 3. The maximum absolute atomic E-state index is 14.3. The van der Waals surface area contributed by atoms with Crippen LogP contribution >= 0.6 is 0 Å². The molecular weight excluding hydrogens is 499 g/mol. The molecule has 0 bridgehead atoms. The summed E-state index contributed by atoms with van der Waals surface area (Å²) in [7, 11) is -3.31. The quantitative estimate of drug-likeness (QED) is 0.504. The highest BCUT2D eigenvalue weighted by molar-refractivity contribution is 7.88. The van der Waals surface area contributed by atoms with Gasteiger partial charge in [0, 0.05) is 12.4 Å². The van der Waals surface area contributed by atoms with Crippen molar-refractivity contribution in [3.8, 4) is 11.1 Å². The van der Waals surface area contributed by atoms with E-state index in [0.29, 0.717) is 11.3 Å². The Morgan fingerprint density at radius 1 is 1.19 bits per heavy atom. The molecule has 4 rings (SSSR count). The van der Waals surface area contributed by atoms with Gasteiger partial charge in [-0.3, -0.25) is 4.90 Å². The van der Waals surface area contributed by atoms with Gasteiger partial charge in [0.1, 0.15) is 29.8 Å². The number of amides is 1. The molecule has 9 nitrogen and oxygen atoms in total. The average molecular weight is 533 g/mol. The molecule has 2 aromatic heterocycles. The Bertz CT molecular complexity index is 1400. The molecule has 0 unspecified atom stereocenters. The summed E-state index contributed by atoms with van der Waals surface area (Å²) in [5, 5.41) is 0. The first-order chi connectivity index (χ1) is 17.2. The second-order valence-corrected chi connectivity index (χ2v) is 12.5. The Kier molecular flexibility index (Phi) is 7.08. The zero-order chi connectivity index (χ0) is 27.2. The lowest BCUT2D eigenvalue weighted by molar-refractivity contribution is -0.0797. The molecule has 0 aliphatic carbocycles. The van der Waals surface area contributed by atoms with E-state index >= 15 is 0 Å². The van der Waals surface area contributed by atoms with Crippen LogP contribution in [0.5, 0.6) is 0 Å². The number of carbonyl (C=O) groups is 1. The Labute approximate surface area is 216 Å². The number of nitrogens with one attached hydrogen (secondary N) is 1. The third-order valence-corrected chi connectivity index (χ3v) is 6.69. The van der Waals surface area contributed by atoms with Crippen LogP contribution in [-0.2, 0) is 26.0 Å². The highest BCUT2D eigenvalue weighted by Gasteiger charge is 2.51. The second kappa shape index (κ2) is 9.70. The van der Waals surface area contributed by atoms with Crippen LogP contribution in [0.15, 0.2) is 48.8 Å². The molecule has 0 radical (unpaired) electrons. The van der Waals surface area contributed by atoms with E-state index in [0.717, 1.165) is 22.9 Å². The van der Waals surface area contributed by atoms with Crippen LogP contribution in [0.1, 0.15) is 52.0 Å². The second-order valence-electron chi connectivity index (χ2n) is 10.7. The third kappa shape index (κ3) is 6.11. The molecule has 0 spiro atoms. The molecule has 1 saturated heterocycles. The third-order valence-electron chi connectivity index (χ3n) is 6.02. The first kappa shape index (κ1) is 27.0. The number of imidazole rings is 1. The van der Waals surface area contributed by atoms with E-state index in [1.165, 1.54) is 4.90 Å². The number of fused-ring (bicyclic) bond motifs is 1. The molecule has 1 fully saturated rings. The molecule has 1 amide bonds. The highest BCUT2D eigenvalue weighted by atomic mass is 32.2. The van der Waals surface area contributed by atoms with Crippen molar-refractivity contribution in [2.45, 2.75) is 64.6 Å². The van der Waals surface area contributed by atoms with Crippen molar-refractivity contribution in [2.24, 2.45) is 0 Å². The summed E-state index contributed by atoms with van der Waals surface area (Å²) in [6, 6.07) is 10.6. The standard InChI is InChI=1S/C26H33FN4O5S/c1-25(2,3)36-24(32)31-21(14-27)23(35-26(31,4)5)18-9-7-17(8-10-18)19-11-12-30-16-20(29-22(30)13-19)15-28-37(6,33)34/h7-13,16,21,23,28H,14-15H2,1-6H3/t21-,23-/m1/s1. The Morgan fingerprint density at radius 2 is 1.86 bits per heavy atom. The van der Waals surface area contributed by atoms with Gasteiger partial charge in [0.15, 0.2) is 0 Å². The van der Waals surface area contributed by atoms with Crippen molar-refractivity contribution in [2.75, 3.05) is 12.9 Å². The molecule has 3 heterocycles. The molecule has 1 N–H and O–H groups in total. The van der Waals surface area contributed by atoms with E-state index in [9.17, 15) is 17.6 Å². The summed E-state index contributed by atoms with van der Waals surface area (Å²) in [4.78, 5) is 18.7. The summed E-state index contributed by atoms with van der Waals surface area (Å²) in [5.74, 6) is 0. The number of sulfonamides is 1. The minimum atomic E-state index is -3.31. The van der Waals surface area contributed by atoms with Gasteiger partial charge in [0.25, 0.3) is 0 Å². The lowest BCUT2D eigenvalue weighted by Crippen LogP contribution is -2.50. The highest BCUT2D eigenvalue weighted by Crippen LogP contribution is 2.42. The fraction of sp³-hybridized carbons (Fsp3) is 0.462. The molecule has 3 aromatic rings. The minimum absolute atomic E-state index is 0.109. The number of alkyl halides is 1. The molecule has 1 aromatic carbocycles. The van der Waals surface area contributed by atoms with Crippen molar-refractivity contribution >= 4 is 21.8 Å². The monoisotopic (exact) mass is 532 g/mol. The molecule has 200 valence electrons. The summed E-state index contributed by atoms with van der Waals surface area (Å²) < 4.78 is 52.9. The summed E-state index contributed by atoms with van der Waals surface area (Å²) in [5.41, 5.74) is 2.11. The maximum Gasteiger partial charge on any atom is 0.413 e. The Morgan fingerprint density at radius 3 is 2.46 bits per heavy atom.